The maximum atomic E-state index is 12.4. The topological polar surface area (TPSA) is 89.0 Å². The lowest BCUT2D eigenvalue weighted by molar-refractivity contribution is -0.115. The summed E-state index contributed by atoms with van der Waals surface area (Å²) >= 11 is 0. The van der Waals surface area contributed by atoms with Crippen LogP contribution in [0.4, 0.5) is 5.69 Å². The van der Waals surface area contributed by atoms with Crippen LogP contribution in [0.2, 0.25) is 0 Å². The summed E-state index contributed by atoms with van der Waals surface area (Å²) in [6.07, 6.45) is 0.0481. The van der Waals surface area contributed by atoms with Gasteiger partial charge in [-0.1, -0.05) is 30.3 Å². The van der Waals surface area contributed by atoms with E-state index in [0.29, 0.717) is 41.7 Å². The number of nitrogens with zero attached hydrogens (tertiary/aromatic N) is 1. The highest BCUT2D eigenvalue weighted by Crippen LogP contribution is 2.32. The molecule has 7 nitrogen and oxygen atoms in total. The molecule has 0 bridgehead atoms. The molecular weight excluding hydrogens is 382 g/mol. The van der Waals surface area contributed by atoms with Gasteiger partial charge < -0.3 is 14.8 Å². The first kappa shape index (κ1) is 19.4. The minimum absolute atomic E-state index is 0.0481. The van der Waals surface area contributed by atoms with Gasteiger partial charge >= 0.3 is 0 Å². The fourth-order valence-corrected chi connectivity index (χ4v) is 3.14. The molecule has 1 aliphatic rings. The largest absolute Gasteiger partial charge is 0.486 e. The lowest BCUT2D eigenvalue weighted by Gasteiger charge is -2.19. The molecule has 3 aromatic rings. The van der Waals surface area contributed by atoms with E-state index in [0.717, 1.165) is 10.8 Å². The predicted molar refractivity (Wildman–Crippen MR) is 115 cm³/mol. The number of carbonyl (C=O) groups excluding carboxylic acids is 2. The first-order valence-corrected chi connectivity index (χ1v) is 9.60. The lowest BCUT2D eigenvalue weighted by Crippen LogP contribution is -2.21. The fourth-order valence-electron chi connectivity index (χ4n) is 3.14. The number of carbonyl (C=O) groups is 2. The Bertz CT molecular complexity index is 1140. The molecular formula is C23H21N3O4. The maximum Gasteiger partial charge on any atom is 0.271 e. The number of benzene rings is 3. The molecule has 0 spiro atoms. The van der Waals surface area contributed by atoms with Crippen LogP contribution in [0.3, 0.4) is 0 Å². The zero-order chi connectivity index (χ0) is 20.9. The van der Waals surface area contributed by atoms with Crippen molar-refractivity contribution in [3.63, 3.8) is 0 Å². The van der Waals surface area contributed by atoms with Crippen molar-refractivity contribution in [2.45, 2.75) is 13.3 Å². The van der Waals surface area contributed by atoms with Crippen molar-refractivity contribution in [2.75, 3.05) is 18.5 Å². The molecule has 2 amide bonds. The Morgan fingerprint density at radius 3 is 2.53 bits per heavy atom. The summed E-state index contributed by atoms with van der Waals surface area (Å²) in [7, 11) is 0. The number of ether oxygens (including phenoxy) is 2. The first-order valence-electron chi connectivity index (χ1n) is 9.60. The van der Waals surface area contributed by atoms with Gasteiger partial charge in [-0.3, -0.25) is 9.59 Å². The lowest BCUT2D eigenvalue weighted by atomic mass is 10.1. The molecule has 30 heavy (non-hydrogen) atoms. The minimum atomic E-state index is -0.327. The standard InChI is InChI=1S/C23H21N3O4/c1-15(12-22(27)24-19-8-9-20-21(14-19)30-11-10-29-20)25-26-23(28)18-7-6-16-4-2-3-5-17(16)13-18/h2-9,13-14H,10-12H2,1H3,(H,24,27)(H,26,28). The Balaban J connectivity index is 1.34. The monoisotopic (exact) mass is 403 g/mol. The summed E-state index contributed by atoms with van der Waals surface area (Å²) in [5, 5.41) is 8.87. The predicted octanol–water partition coefficient (Wildman–Crippen LogP) is 3.75. The van der Waals surface area contributed by atoms with Crippen molar-refractivity contribution in [2.24, 2.45) is 5.10 Å². The second kappa shape index (κ2) is 8.65. The molecule has 1 heterocycles. The number of fused-ring (bicyclic) bond motifs is 2. The third-order valence-electron chi connectivity index (χ3n) is 4.60. The molecule has 3 aromatic carbocycles. The van der Waals surface area contributed by atoms with Crippen molar-refractivity contribution in [1.29, 1.82) is 0 Å². The first-order chi connectivity index (χ1) is 14.6. The van der Waals surface area contributed by atoms with Crippen molar-refractivity contribution < 1.29 is 19.1 Å². The maximum absolute atomic E-state index is 12.4. The van der Waals surface area contributed by atoms with Gasteiger partial charge in [-0.05, 0) is 42.0 Å². The Kier molecular flexibility index (Phi) is 5.61. The highest BCUT2D eigenvalue weighted by molar-refractivity contribution is 6.06. The summed E-state index contributed by atoms with van der Waals surface area (Å²) in [6, 6.07) is 18.5. The zero-order valence-electron chi connectivity index (χ0n) is 16.5. The van der Waals surface area contributed by atoms with Gasteiger partial charge in [0, 0.05) is 23.0 Å². The van der Waals surface area contributed by atoms with E-state index in [1.165, 1.54) is 0 Å². The van der Waals surface area contributed by atoms with Crippen LogP contribution in [-0.4, -0.2) is 30.7 Å². The molecule has 1 aliphatic heterocycles. The molecule has 0 saturated carbocycles. The smallest absolute Gasteiger partial charge is 0.271 e. The number of rotatable bonds is 5. The molecule has 0 fully saturated rings. The van der Waals surface area contributed by atoms with E-state index >= 15 is 0 Å². The zero-order valence-corrected chi connectivity index (χ0v) is 16.5. The molecule has 0 aromatic heterocycles. The Labute approximate surface area is 173 Å². The summed E-state index contributed by atoms with van der Waals surface area (Å²) in [5.74, 6) is 0.695. The Morgan fingerprint density at radius 2 is 1.70 bits per heavy atom. The summed E-state index contributed by atoms with van der Waals surface area (Å²) in [6.45, 7) is 2.68. The van der Waals surface area contributed by atoms with Crippen LogP contribution >= 0.6 is 0 Å². The van der Waals surface area contributed by atoms with Crippen LogP contribution in [0.1, 0.15) is 23.7 Å². The highest BCUT2D eigenvalue weighted by Gasteiger charge is 2.13. The van der Waals surface area contributed by atoms with E-state index in [2.05, 4.69) is 15.8 Å². The number of hydrogen-bond acceptors (Lipinski definition) is 5. The summed E-state index contributed by atoms with van der Waals surface area (Å²) < 4.78 is 11.0. The number of hydrazone groups is 1. The van der Waals surface area contributed by atoms with Crippen molar-refractivity contribution >= 4 is 34.0 Å². The third kappa shape index (κ3) is 4.57. The molecule has 0 unspecified atom stereocenters. The average Bonchev–Trinajstić information content (AvgIpc) is 2.77. The molecule has 0 atom stereocenters. The van der Waals surface area contributed by atoms with Crippen LogP contribution in [0.15, 0.2) is 65.8 Å². The molecule has 0 radical (unpaired) electrons. The van der Waals surface area contributed by atoms with Gasteiger partial charge in [0.2, 0.25) is 5.91 Å². The van der Waals surface area contributed by atoms with Crippen LogP contribution < -0.4 is 20.2 Å². The molecule has 0 saturated heterocycles. The SMILES string of the molecule is CC(CC(=O)Nc1ccc2c(c1)OCCO2)=NNC(=O)c1ccc2ccccc2c1. The summed E-state index contributed by atoms with van der Waals surface area (Å²) in [4.78, 5) is 24.6. The second-order valence-electron chi connectivity index (χ2n) is 6.93. The van der Waals surface area contributed by atoms with Gasteiger partial charge in [0.05, 0.1) is 6.42 Å². The number of amides is 2. The third-order valence-corrected chi connectivity index (χ3v) is 4.60. The van der Waals surface area contributed by atoms with Crippen molar-refractivity contribution in [1.82, 2.24) is 5.43 Å². The van der Waals surface area contributed by atoms with Crippen molar-refractivity contribution in [3.8, 4) is 11.5 Å². The van der Waals surface area contributed by atoms with Gasteiger partial charge in [0.25, 0.3) is 5.91 Å². The quantitative estimate of drug-likeness (QED) is 0.502. The molecule has 7 heteroatoms. The van der Waals surface area contributed by atoms with E-state index in [-0.39, 0.29) is 18.2 Å². The Hall–Kier alpha value is -3.87. The van der Waals surface area contributed by atoms with E-state index in [4.69, 9.17) is 9.47 Å². The number of hydrogen-bond donors (Lipinski definition) is 2. The van der Waals surface area contributed by atoms with Crippen LogP contribution in [0.5, 0.6) is 11.5 Å². The van der Waals surface area contributed by atoms with Gasteiger partial charge in [-0.2, -0.15) is 5.10 Å². The van der Waals surface area contributed by atoms with E-state index in [1.807, 2.05) is 36.4 Å². The average molecular weight is 403 g/mol. The van der Waals surface area contributed by atoms with Gasteiger partial charge in [0.1, 0.15) is 13.2 Å². The van der Waals surface area contributed by atoms with Crippen LogP contribution in [0.25, 0.3) is 10.8 Å². The fraction of sp³-hybridized carbons (Fsp3) is 0.174. The minimum Gasteiger partial charge on any atom is -0.486 e. The molecule has 0 aliphatic carbocycles. The normalized spacial score (nSPS) is 13.0. The highest BCUT2D eigenvalue weighted by atomic mass is 16.6. The van der Waals surface area contributed by atoms with Gasteiger partial charge in [-0.25, -0.2) is 5.43 Å². The number of nitrogens with one attached hydrogen (secondary N) is 2. The van der Waals surface area contributed by atoms with E-state index in [1.54, 1.807) is 31.2 Å². The van der Waals surface area contributed by atoms with E-state index in [9.17, 15) is 9.59 Å². The van der Waals surface area contributed by atoms with Gasteiger partial charge in [-0.15, -0.1) is 0 Å². The Morgan fingerprint density at radius 1 is 0.933 bits per heavy atom. The van der Waals surface area contributed by atoms with Gasteiger partial charge in [0.15, 0.2) is 11.5 Å². The summed E-state index contributed by atoms with van der Waals surface area (Å²) in [5.41, 5.74) is 4.11. The molecule has 152 valence electrons. The number of anilines is 1. The van der Waals surface area contributed by atoms with Crippen molar-refractivity contribution in [3.05, 3.63) is 66.2 Å². The molecule has 4 rings (SSSR count). The van der Waals surface area contributed by atoms with Crippen LogP contribution in [-0.2, 0) is 4.79 Å². The van der Waals surface area contributed by atoms with E-state index < -0.39 is 0 Å². The molecule has 2 N–H and O–H groups in total. The second-order valence-corrected chi connectivity index (χ2v) is 6.93. The van der Waals surface area contributed by atoms with Crippen LogP contribution in [0, 0.1) is 0 Å².